The third kappa shape index (κ3) is 2.78. The van der Waals surface area contributed by atoms with E-state index in [1.54, 1.807) is 4.90 Å². The van der Waals surface area contributed by atoms with Crippen molar-refractivity contribution in [1.29, 1.82) is 0 Å². The van der Waals surface area contributed by atoms with Gasteiger partial charge in [0.2, 0.25) is 0 Å². The first-order chi connectivity index (χ1) is 9.00. The summed E-state index contributed by atoms with van der Waals surface area (Å²) in [6.07, 6.45) is 2.67. The molecule has 6 heteroatoms. The van der Waals surface area contributed by atoms with Gasteiger partial charge in [0, 0.05) is 12.1 Å². The Labute approximate surface area is 116 Å². The lowest BCUT2D eigenvalue weighted by Crippen LogP contribution is -2.49. The summed E-state index contributed by atoms with van der Waals surface area (Å²) in [6.45, 7) is 0.600. The van der Waals surface area contributed by atoms with Crippen LogP contribution in [0.25, 0.3) is 0 Å². The molecule has 19 heavy (non-hydrogen) atoms. The summed E-state index contributed by atoms with van der Waals surface area (Å²) in [6, 6.07) is 3.79. The van der Waals surface area contributed by atoms with Gasteiger partial charge in [-0.1, -0.05) is 12.2 Å². The van der Waals surface area contributed by atoms with Gasteiger partial charge in [0.25, 0.3) is 5.91 Å². The van der Waals surface area contributed by atoms with Crippen LogP contribution in [-0.4, -0.2) is 38.6 Å². The maximum absolute atomic E-state index is 12.4. The quantitative estimate of drug-likeness (QED) is 0.563. The molecule has 0 radical (unpaired) electrons. The Morgan fingerprint density at radius 1 is 1.32 bits per heavy atom. The van der Waals surface area contributed by atoms with Gasteiger partial charge in [-0.2, -0.15) is 0 Å². The number of nitrogens with two attached hydrogens (primary N) is 1. The van der Waals surface area contributed by atoms with Gasteiger partial charge in [-0.15, -0.1) is 0 Å². The Morgan fingerprint density at radius 3 is 2.68 bits per heavy atom. The highest BCUT2D eigenvalue weighted by Gasteiger charge is 2.29. The van der Waals surface area contributed by atoms with E-state index >= 15 is 0 Å². The predicted octanol–water partition coefficient (Wildman–Crippen LogP) is 1.38. The van der Waals surface area contributed by atoms with Crippen LogP contribution in [0, 0.1) is 0 Å². The second kappa shape index (κ2) is 5.44. The van der Waals surface area contributed by atoms with Crippen molar-refractivity contribution < 1.29 is 15.0 Å². The van der Waals surface area contributed by atoms with E-state index < -0.39 is 0 Å². The number of rotatable bonds is 2. The molecule has 1 aromatic carbocycles. The number of phenolic OH excluding ortho intramolecular Hbond substituents is 2. The topological polar surface area (TPSA) is 86.8 Å². The van der Waals surface area contributed by atoms with Gasteiger partial charge in [0.15, 0.2) is 11.5 Å². The first-order valence-electron chi connectivity index (χ1n) is 6.13. The standard InChI is InChI=1S/C13H16N2O3S/c14-12(19)9-3-1-2-6-15(9)13(18)8-4-5-10(16)11(17)7-8/h4-5,7,9,16-17H,1-3,6H2,(H2,14,19). The van der Waals surface area contributed by atoms with Crippen LogP contribution in [0.4, 0.5) is 0 Å². The molecule has 2 rings (SSSR count). The lowest BCUT2D eigenvalue weighted by molar-refractivity contribution is 0.0681. The molecule has 102 valence electrons. The fourth-order valence-corrected chi connectivity index (χ4v) is 2.54. The van der Waals surface area contributed by atoms with Gasteiger partial charge in [0.1, 0.15) is 0 Å². The van der Waals surface area contributed by atoms with Gasteiger partial charge < -0.3 is 20.8 Å². The molecule has 5 nitrogen and oxygen atoms in total. The summed E-state index contributed by atoms with van der Waals surface area (Å²) >= 11 is 5.00. The minimum atomic E-state index is -0.310. The molecule has 1 aromatic rings. The Hall–Kier alpha value is -1.82. The summed E-state index contributed by atoms with van der Waals surface area (Å²) in [4.78, 5) is 14.3. The molecular formula is C13H16N2O3S. The zero-order valence-corrected chi connectivity index (χ0v) is 11.2. The van der Waals surface area contributed by atoms with Crippen molar-refractivity contribution in [2.45, 2.75) is 25.3 Å². The minimum absolute atomic E-state index is 0.229. The average molecular weight is 280 g/mol. The van der Waals surface area contributed by atoms with Crippen molar-refractivity contribution in [3.05, 3.63) is 23.8 Å². The number of aromatic hydroxyl groups is 2. The van der Waals surface area contributed by atoms with E-state index in [0.717, 1.165) is 19.3 Å². The number of carbonyl (C=O) groups is 1. The summed E-state index contributed by atoms with van der Waals surface area (Å²) in [5.41, 5.74) is 5.99. The Morgan fingerprint density at radius 2 is 2.05 bits per heavy atom. The van der Waals surface area contributed by atoms with Gasteiger partial charge in [-0.25, -0.2) is 0 Å². The van der Waals surface area contributed by atoms with Crippen LogP contribution < -0.4 is 5.73 Å². The number of benzene rings is 1. The number of hydrogen-bond donors (Lipinski definition) is 3. The fraction of sp³-hybridized carbons (Fsp3) is 0.385. The Balaban J connectivity index is 2.26. The largest absolute Gasteiger partial charge is 0.504 e. The number of phenols is 2. The molecule has 1 amide bonds. The normalized spacial score (nSPS) is 19.2. The lowest BCUT2D eigenvalue weighted by atomic mass is 10.0. The predicted molar refractivity (Wildman–Crippen MR) is 75.2 cm³/mol. The minimum Gasteiger partial charge on any atom is -0.504 e. The highest BCUT2D eigenvalue weighted by Crippen LogP contribution is 2.27. The third-order valence-electron chi connectivity index (χ3n) is 3.31. The molecule has 1 saturated heterocycles. The molecule has 1 unspecified atom stereocenters. The molecule has 1 aliphatic rings. The lowest BCUT2D eigenvalue weighted by Gasteiger charge is -2.35. The van der Waals surface area contributed by atoms with Crippen LogP contribution in [0.15, 0.2) is 18.2 Å². The van der Waals surface area contributed by atoms with E-state index in [-0.39, 0.29) is 23.4 Å². The van der Waals surface area contributed by atoms with Crippen LogP contribution in [0.2, 0.25) is 0 Å². The molecule has 1 atom stereocenters. The molecule has 1 aliphatic heterocycles. The van der Waals surface area contributed by atoms with Crippen LogP contribution in [0.1, 0.15) is 29.6 Å². The smallest absolute Gasteiger partial charge is 0.254 e. The van der Waals surface area contributed by atoms with Crippen molar-refractivity contribution in [2.24, 2.45) is 5.73 Å². The number of likely N-dealkylation sites (tertiary alicyclic amines) is 1. The highest BCUT2D eigenvalue weighted by atomic mass is 32.1. The molecule has 4 N–H and O–H groups in total. The van der Waals surface area contributed by atoms with Gasteiger partial charge in [-0.05, 0) is 37.5 Å². The molecule has 0 aliphatic carbocycles. The molecule has 1 heterocycles. The summed E-state index contributed by atoms with van der Waals surface area (Å²) in [5, 5.41) is 18.7. The first-order valence-corrected chi connectivity index (χ1v) is 6.54. The monoisotopic (exact) mass is 280 g/mol. The van der Waals surface area contributed by atoms with Crippen molar-refractivity contribution in [3.8, 4) is 11.5 Å². The molecule has 0 spiro atoms. The number of amides is 1. The SMILES string of the molecule is NC(=S)C1CCCCN1C(=O)c1ccc(O)c(O)c1. The van der Waals surface area contributed by atoms with Gasteiger partial charge in [-0.3, -0.25) is 4.79 Å². The van der Waals surface area contributed by atoms with E-state index in [9.17, 15) is 15.0 Å². The fourth-order valence-electron chi connectivity index (χ4n) is 2.29. The van der Waals surface area contributed by atoms with Crippen molar-refractivity contribution >= 4 is 23.1 Å². The van der Waals surface area contributed by atoms with Gasteiger partial charge >= 0.3 is 0 Å². The van der Waals surface area contributed by atoms with Gasteiger partial charge in [0.05, 0.1) is 11.0 Å². The molecule has 1 fully saturated rings. The zero-order chi connectivity index (χ0) is 14.0. The van der Waals surface area contributed by atoms with E-state index in [1.807, 2.05) is 0 Å². The number of nitrogens with zero attached hydrogens (tertiary/aromatic N) is 1. The maximum Gasteiger partial charge on any atom is 0.254 e. The van der Waals surface area contributed by atoms with E-state index in [4.69, 9.17) is 18.0 Å². The number of carbonyl (C=O) groups excluding carboxylic acids is 1. The first kappa shape index (κ1) is 13.6. The zero-order valence-electron chi connectivity index (χ0n) is 10.4. The summed E-state index contributed by atoms with van der Waals surface area (Å²) in [5.74, 6) is -0.788. The molecule has 0 saturated carbocycles. The van der Waals surface area contributed by atoms with Crippen molar-refractivity contribution in [3.63, 3.8) is 0 Å². The molecule has 0 bridgehead atoms. The molecule has 0 aromatic heterocycles. The van der Waals surface area contributed by atoms with E-state index in [1.165, 1.54) is 18.2 Å². The summed E-state index contributed by atoms with van der Waals surface area (Å²) < 4.78 is 0. The van der Waals surface area contributed by atoms with Crippen LogP contribution in [-0.2, 0) is 0 Å². The molecular weight excluding hydrogens is 264 g/mol. The van der Waals surface area contributed by atoms with Crippen molar-refractivity contribution in [2.75, 3.05) is 6.54 Å². The third-order valence-corrected chi connectivity index (χ3v) is 3.59. The Kier molecular flexibility index (Phi) is 3.90. The number of piperidine rings is 1. The second-order valence-corrected chi connectivity index (χ2v) is 5.09. The van der Waals surface area contributed by atoms with Crippen LogP contribution >= 0.6 is 12.2 Å². The number of hydrogen-bond acceptors (Lipinski definition) is 4. The van der Waals surface area contributed by atoms with Crippen LogP contribution in [0.5, 0.6) is 11.5 Å². The van der Waals surface area contributed by atoms with E-state index in [2.05, 4.69) is 0 Å². The Bertz CT molecular complexity index is 519. The highest BCUT2D eigenvalue weighted by molar-refractivity contribution is 7.80. The van der Waals surface area contributed by atoms with E-state index in [0.29, 0.717) is 17.1 Å². The number of thiocarbonyl (C=S) groups is 1. The van der Waals surface area contributed by atoms with Crippen LogP contribution in [0.3, 0.4) is 0 Å². The summed E-state index contributed by atoms with van der Waals surface area (Å²) in [7, 11) is 0. The average Bonchev–Trinajstić information content (AvgIpc) is 2.41. The van der Waals surface area contributed by atoms with Crippen molar-refractivity contribution in [1.82, 2.24) is 4.90 Å². The second-order valence-electron chi connectivity index (χ2n) is 4.62. The maximum atomic E-state index is 12.4.